The molecule has 0 fully saturated rings. The molecule has 0 atom stereocenters. The first-order chi connectivity index (χ1) is 11.6. The fourth-order valence-electron chi connectivity index (χ4n) is 2.25. The fraction of sp³-hybridized carbons (Fsp3) is 0. The molecule has 4 rings (SSSR count). The van der Waals surface area contributed by atoms with Gasteiger partial charge in [0.25, 0.3) is 0 Å². The summed E-state index contributed by atoms with van der Waals surface area (Å²) in [7, 11) is 0. The Kier molecular flexibility index (Phi) is 6.67. The summed E-state index contributed by atoms with van der Waals surface area (Å²) in [6.45, 7) is 0. The molecule has 0 aliphatic heterocycles. The van der Waals surface area contributed by atoms with Crippen molar-refractivity contribution in [1.82, 2.24) is 9.97 Å². The topological polar surface area (TPSA) is 66.2 Å². The van der Waals surface area contributed by atoms with Gasteiger partial charge in [0.1, 0.15) is 22.5 Å². The number of aromatic nitrogens is 2. The minimum absolute atomic E-state index is 0. The van der Waals surface area contributed by atoms with Crippen LogP contribution in [0.5, 0.6) is 11.5 Å². The van der Waals surface area contributed by atoms with Gasteiger partial charge < -0.3 is 13.1 Å². The second kappa shape index (κ2) is 8.53. The molecular weight excluding hydrogens is 371 g/mol. The number of nitrogens with zero attached hydrogens (tertiary/aromatic N) is 2. The average molecular weight is 386 g/mol. The van der Waals surface area contributed by atoms with Crippen molar-refractivity contribution in [3.05, 3.63) is 71.0 Å². The van der Waals surface area contributed by atoms with Gasteiger partial charge >= 0.3 is 23.1 Å². The van der Waals surface area contributed by atoms with E-state index in [-0.39, 0.29) is 37.4 Å². The second-order valence-corrected chi connectivity index (χ2v) is 5.75. The van der Waals surface area contributed by atoms with E-state index >= 15 is 0 Å². The fourth-order valence-corrected chi connectivity index (χ4v) is 2.68. The van der Waals surface area contributed by atoms with Crippen LogP contribution in [0.3, 0.4) is 0 Å². The molecule has 0 unspecified atom stereocenters. The summed E-state index contributed by atoms with van der Waals surface area (Å²) in [5, 5.41) is 21.5. The smallest absolute Gasteiger partial charge is 1.00 e. The van der Waals surface area contributed by atoms with Crippen LogP contribution in [-0.2, 0) is 0 Å². The van der Waals surface area contributed by atoms with Gasteiger partial charge in [-0.1, -0.05) is 23.2 Å². The molecule has 7 heteroatoms. The number of phenolic OH excluding ortho intramolecular Hbond substituents is 2. The summed E-state index contributed by atoms with van der Waals surface area (Å²) in [6, 6.07) is 13.6. The van der Waals surface area contributed by atoms with Crippen molar-refractivity contribution in [2.24, 2.45) is 0 Å². The minimum atomic E-state index is 0. The molecule has 0 saturated carbocycles. The van der Waals surface area contributed by atoms with Gasteiger partial charge in [0.05, 0.1) is 10.0 Å². The Bertz CT molecular complexity index is 874. The molecule has 0 bridgehead atoms. The largest absolute Gasteiger partial charge is 2.00 e. The monoisotopic (exact) mass is 384 g/mol. The molecule has 2 aromatic heterocycles. The van der Waals surface area contributed by atoms with Gasteiger partial charge in [-0.15, -0.1) is 0 Å². The molecular formula is C18H14Cl2MgN2O2. The van der Waals surface area contributed by atoms with Crippen LogP contribution in [0.25, 0.3) is 21.8 Å². The summed E-state index contributed by atoms with van der Waals surface area (Å²) in [5.74, 6) is 0.324. The summed E-state index contributed by atoms with van der Waals surface area (Å²) in [4.78, 5) is 8.01. The molecule has 0 aliphatic rings. The maximum Gasteiger partial charge on any atom is 2.00 e. The Balaban J connectivity index is 0.000000451. The maximum absolute atomic E-state index is 9.37. The Hall–Kier alpha value is -1.79. The predicted octanol–water partition coefficient (Wildman–Crippen LogP) is 5.03. The van der Waals surface area contributed by atoms with E-state index in [4.69, 9.17) is 23.2 Å². The molecule has 0 radical (unpaired) electrons. The SMILES string of the molecule is Oc1ccc(Cl)c2cccnc12.Oc1ccc(Cl)c2cccnc12.[H-].[H-].[Mg+2]. The van der Waals surface area contributed by atoms with Crippen LogP contribution in [0.4, 0.5) is 0 Å². The third-order valence-electron chi connectivity index (χ3n) is 3.39. The van der Waals surface area contributed by atoms with Gasteiger partial charge in [-0.3, -0.25) is 9.97 Å². The van der Waals surface area contributed by atoms with Gasteiger partial charge in [0, 0.05) is 23.2 Å². The number of pyridine rings is 2. The van der Waals surface area contributed by atoms with Crippen LogP contribution in [-0.4, -0.2) is 43.2 Å². The van der Waals surface area contributed by atoms with Crippen LogP contribution in [0.15, 0.2) is 60.9 Å². The number of aromatic hydroxyl groups is 2. The van der Waals surface area contributed by atoms with Crippen LogP contribution in [0.1, 0.15) is 2.85 Å². The van der Waals surface area contributed by atoms with Crippen molar-refractivity contribution in [1.29, 1.82) is 0 Å². The van der Waals surface area contributed by atoms with Gasteiger partial charge in [-0.25, -0.2) is 0 Å². The van der Waals surface area contributed by atoms with Crippen molar-refractivity contribution in [3.63, 3.8) is 0 Å². The van der Waals surface area contributed by atoms with Gasteiger partial charge in [0.15, 0.2) is 0 Å². The number of hydrogen-bond acceptors (Lipinski definition) is 4. The number of hydrogen-bond donors (Lipinski definition) is 2. The van der Waals surface area contributed by atoms with E-state index in [9.17, 15) is 10.2 Å². The predicted molar refractivity (Wildman–Crippen MR) is 105 cm³/mol. The molecule has 4 nitrogen and oxygen atoms in total. The molecule has 2 heterocycles. The van der Waals surface area contributed by atoms with Crippen LogP contribution in [0, 0.1) is 0 Å². The zero-order chi connectivity index (χ0) is 17.1. The molecule has 25 heavy (non-hydrogen) atoms. The van der Waals surface area contributed by atoms with Crippen molar-refractivity contribution in [3.8, 4) is 11.5 Å². The molecule has 2 aromatic carbocycles. The molecule has 0 spiro atoms. The van der Waals surface area contributed by atoms with Crippen LogP contribution < -0.4 is 0 Å². The van der Waals surface area contributed by atoms with Crippen LogP contribution in [0.2, 0.25) is 10.0 Å². The first-order valence-corrected chi connectivity index (χ1v) is 7.78. The van der Waals surface area contributed by atoms with Gasteiger partial charge in [-0.2, -0.15) is 0 Å². The maximum atomic E-state index is 9.37. The first kappa shape index (κ1) is 19.5. The van der Waals surface area contributed by atoms with E-state index in [0.29, 0.717) is 21.1 Å². The molecule has 2 N–H and O–H groups in total. The van der Waals surface area contributed by atoms with E-state index in [1.165, 1.54) is 12.1 Å². The normalized spacial score (nSPS) is 10.0. The van der Waals surface area contributed by atoms with Crippen molar-refractivity contribution in [2.75, 3.05) is 0 Å². The number of rotatable bonds is 0. The molecule has 4 aromatic rings. The van der Waals surface area contributed by atoms with Crippen molar-refractivity contribution < 1.29 is 13.1 Å². The van der Waals surface area contributed by atoms with E-state index in [1.807, 2.05) is 12.1 Å². The minimum Gasteiger partial charge on any atom is -1.00 e. The Morgan fingerprint density at radius 1 is 0.680 bits per heavy atom. The van der Waals surface area contributed by atoms with E-state index < -0.39 is 0 Å². The number of fused-ring (bicyclic) bond motifs is 2. The third kappa shape index (κ3) is 4.25. The summed E-state index contributed by atoms with van der Waals surface area (Å²) in [5.41, 5.74) is 1.09. The Labute approximate surface area is 173 Å². The van der Waals surface area contributed by atoms with E-state index in [2.05, 4.69) is 9.97 Å². The quantitative estimate of drug-likeness (QED) is 0.417. The molecule has 0 saturated heterocycles. The summed E-state index contributed by atoms with van der Waals surface area (Å²) in [6.07, 6.45) is 3.25. The van der Waals surface area contributed by atoms with Crippen molar-refractivity contribution in [2.45, 2.75) is 0 Å². The zero-order valence-electron chi connectivity index (χ0n) is 15.0. The number of benzene rings is 2. The van der Waals surface area contributed by atoms with Crippen molar-refractivity contribution >= 4 is 68.1 Å². The zero-order valence-corrected chi connectivity index (χ0v) is 16.0. The molecule has 0 amide bonds. The van der Waals surface area contributed by atoms with Gasteiger partial charge in [0.2, 0.25) is 0 Å². The first-order valence-electron chi connectivity index (χ1n) is 7.02. The average Bonchev–Trinajstić information content (AvgIpc) is 2.63. The molecule has 124 valence electrons. The van der Waals surface area contributed by atoms with Gasteiger partial charge in [-0.05, 0) is 48.5 Å². The number of phenols is 2. The summed E-state index contributed by atoms with van der Waals surface area (Å²) < 4.78 is 0. The number of halogens is 2. The third-order valence-corrected chi connectivity index (χ3v) is 4.05. The van der Waals surface area contributed by atoms with E-state index in [1.54, 1.807) is 36.7 Å². The molecule has 0 aliphatic carbocycles. The van der Waals surface area contributed by atoms with Crippen LogP contribution >= 0.6 is 23.2 Å². The Morgan fingerprint density at radius 2 is 1.08 bits per heavy atom. The van der Waals surface area contributed by atoms with E-state index in [0.717, 1.165) is 10.8 Å². The summed E-state index contributed by atoms with van der Waals surface area (Å²) >= 11 is 11.8. The standard InChI is InChI=1S/2C9H6ClNO.Mg.2H/c2*10-7-3-4-8(12)9-6(7)2-1-5-11-9;;;/h2*1-5,12H;;;/q;;+2;2*-1. The second-order valence-electron chi connectivity index (χ2n) is 4.93. The Morgan fingerprint density at radius 3 is 1.44 bits per heavy atom.